The van der Waals surface area contributed by atoms with Crippen LogP contribution in [-0.4, -0.2) is 52.0 Å². The van der Waals surface area contributed by atoms with Crippen LogP contribution in [0.15, 0.2) is 24.3 Å². The lowest BCUT2D eigenvalue weighted by molar-refractivity contribution is 0.218. The molecule has 1 N–H and O–H groups in total. The van der Waals surface area contributed by atoms with Gasteiger partial charge in [-0.05, 0) is 67.3 Å². The van der Waals surface area contributed by atoms with Gasteiger partial charge in [0.05, 0.1) is 28.4 Å². The van der Waals surface area contributed by atoms with Crippen molar-refractivity contribution < 1.29 is 24.1 Å². The average Bonchev–Trinajstić information content (AvgIpc) is 2.71. The molecule has 28 heavy (non-hydrogen) atoms. The smallest absolute Gasteiger partial charge is 0.203 e. The molecule has 2 aromatic rings. The van der Waals surface area contributed by atoms with Crippen molar-refractivity contribution in [3.05, 3.63) is 41.0 Å². The number of phenols is 1. The number of ether oxygens (including phenoxy) is 4. The Hall–Kier alpha value is -2.60. The number of hydrogen-bond donors (Lipinski definition) is 1. The third-order valence-electron chi connectivity index (χ3n) is 5.50. The molecule has 0 aromatic heterocycles. The van der Waals surface area contributed by atoms with Crippen LogP contribution in [0.2, 0.25) is 0 Å². The second-order valence-electron chi connectivity index (χ2n) is 7.04. The molecular weight excluding hydrogens is 358 g/mol. The van der Waals surface area contributed by atoms with Crippen LogP contribution >= 0.6 is 0 Å². The zero-order valence-corrected chi connectivity index (χ0v) is 17.2. The van der Waals surface area contributed by atoms with E-state index >= 15 is 0 Å². The Kier molecular flexibility index (Phi) is 6.19. The maximum Gasteiger partial charge on any atom is 0.203 e. The number of aromatic hydroxyl groups is 1. The molecule has 0 fully saturated rings. The molecule has 1 aliphatic heterocycles. The Labute approximate surface area is 166 Å². The molecule has 0 unspecified atom stereocenters. The van der Waals surface area contributed by atoms with E-state index in [1.54, 1.807) is 28.4 Å². The van der Waals surface area contributed by atoms with E-state index in [2.05, 4.69) is 11.9 Å². The molecular formula is C22H29NO5. The summed E-state index contributed by atoms with van der Waals surface area (Å²) in [5.74, 6) is 2.65. The number of methoxy groups -OCH3 is 4. The Morgan fingerprint density at radius 3 is 2.14 bits per heavy atom. The van der Waals surface area contributed by atoms with E-state index in [4.69, 9.17) is 18.9 Å². The second kappa shape index (κ2) is 8.61. The molecule has 1 atom stereocenters. The number of likely N-dealkylation sites (N-methyl/N-ethyl adjacent to an activating group) is 1. The van der Waals surface area contributed by atoms with Gasteiger partial charge in [0.15, 0.2) is 23.0 Å². The van der Waals surface area contributed by atoms with Gasteiger partial charge in [0.25, 0.3) is 0 Å². The fourth-order valence-electron chi connectivity index (χ4n) is 3.97. The summed E-state index contributed by atoms with van der Waals surface area (Å²) in [7, 11) is 8.57. The van der Waals surface area contributed by atoms with Crippen LogP contribution < -0.4 is 18.9 Å². The number of rotatable bonds is 7. The fraction of sp³-hybridized carbons (Fsp3) is 0.455. The van der Waals surface area contributed by atoms with E-state index in [1.807, 2.05) is 24.3 Å². The number of nitrogens with zero attached hydrogens (tertiary/aromatic N) is 1. The maximum atomic E-state index is 10.3. The molecule has 1 heterocycles. The van der Waals surface area contributed by atoms with E-state index in [0.29, 0.717) is 23.0 Å². The third kappa shape index (κ3) is 3.83. The molecule has 0 saturated carbocycles. The summed E-state index contributed by atoms with van der Waals surface area (Å²) in [6, 6.07) is 8.03. The SMILES string of the molecule is COc1cc2c(cc1O)[C@H](CCc1cc(OC)c(OC)c(OC)c1)N(C)CC2. The van der Waals surface area contributed by atoms with E-state index in [-0.39, 0.29) is 11.8 Å². The minimum Gasteiger partial charge on any atom is -0.504 e. The van der Waals surface area contributed by atoms with Crippen LogP contribution in [0, 0.1) is 0 Å². The first kappa shape index (κ1) is 20.1. The van der Waals surface area contributed by atoms with Gasteiger partial charge in [-0.25, -0.2) is 0 Å². The first-order chi connectivity index (χ1) is 13.5. The molecule has 0 aliphatic carbocycles. The molecule has 3 rings (SSSR count). The summed E-state index contributed by atoms with van der Waals surface area (Å²) in [5, 5.41) is 10.3. The molecule has 0 saturated heterocycles. The highest BCUT2D eigenvalue weighted by atomic mass is 16.5. The predicted molar refractivity (Wildman–Crippen MR) is 108 cm³/mol. The van der Waals surface area contributed by atoms with Gasteiger partial charge in [0.2, 0.25) is 5.75 Å². The van der Waals surface area contributed by atoms with Crippen LogP contribution in [0.5, 0.6) is 28.7 Å². The summed E-state index contributed by atoms with van der Waals surface area (Å²) in [5.41, 5.74) is 3.52. The molecule has 2 aromatic carbocycles. The second-order valence-corrected chi connectivity index (χ2v) is 7.04. The third-order valence-corrected chi connectivity index (χ3v) is 5.50. The van der Waals surface area contributed by atoms with Crippen molar-refractivity contribution in [3.8, 4) is 28.7 Å². The van der Waals surface area contributed by atoms with Crippen LogP contribution in [-0.2, 0) is 12.8 Å². The normalized spacial score (nSPS) is 16.4. The van der Waals surface area contributed by atoms with Crippen molar-refractivity contribution in [1.82, 2.24) is 4.90 Å². The van der Waals surface area contributed by atoms with Crippen molar-refractivity contribution in [2.45, 2.75) is 25.3 Å². The summed E-state index contributed by atoms with van der Waals surface area (Å²) >= 11 is 0. The molecule has 0 bridgehead atoms. The average molecular weight is 387 g/mol. The molecule has 0 radical (unpaired) electrons. The van der Waals surface area contributed by atoms with Crippen molar-refractivity contribution in [2.75, 3.05) is 42.0 Å². The molecule has 6 heteroatoms. The van der Waals surface area contributed by atoms with Gasteiger partial charge in [-0.3, -0.25) is 4.90 Å². The first-order valence-electron chi connectivity index (χ1n) is 9.41. The van der Waals surface area contributed by atoms with E-state index in [0.717, 1.165) is 31.4 Å². The van der Waals surface area contributed by atoms with Gasteiger partial charge in [-0.2, -0.15) is 0 Å². The predicted octanol–water partition coefficient (Wildman–Crippen LogP) is 3.59. The highest BCUT2D eigenvalue weighted by Crippen LogP contribution is 2.41. The number of benzene rings is 2. The number of aryl methyl sites for hydroxylation is 1. The van der Waals surface area contributed by atoms with Crippen molar-refractivity contribution in [3.63, 3.8) is 0 Å². The lowest BCUT2D eigenvalue weighted by Gasteiger charge is -2.35. The number of phenolic OH excluding ortho intramolecular Hbond substituents is 1. The summed E-state index contributed by atoms with van der Waals surface area (Å²) < 4.78 is 21.6. The largest absolute Gasteiger partial charge is 0.504 e. The van der Waals surface area contributed by atoms with Gasteiger partial charge in [-0.1, -0.05) is 0 Å². The summed E-state index contributed by atoms with van der Waals surface area (Å²) in [6.45, 7) is 0.973. The molecule has 0 amide bonds. The van der Waals surface area contributed by atoms with E-state index in [9.17, 15) is 5.11 Å². The van der Waals surface area contributed by atoms with Gasteiger partial charge in [0, 0.05) is 12.6 Å². The molecule has 152 valence electrons. The van der Waals surface area contributed by atoms with Crippen molar-refractivity contribution in [1.29, 1.82) is 0 Å². The zero-order valence-electron chi connectivity index (χ0n) is 17.2. The van der Waals surface area contributed by atoms with E-state index in [1.165, 1.54) is 11.1 Å². The maximum absolute atomic E-state index is 10.3. The number of fused-ring (bicyclic) bond motifs is 1. The Bertz CT molecular complexity index is 811. The Morgan fingerprint density at radius 2 is 1.57 bits per heavy atom. The summed E-state index contributed by atoms with van der Waals surface area (Å²) in [6.07, 6.45) is 2.70. The number of hydrogen-bond acceptors (Lipinski definition) is 6. The van der Waals surface area contributed by atoms with Gasteiger partial charge in [-0.15, -0.1) is 0 Å². The lowest BCUT2D eigenvalue weighted by Crippen LogP contribution is -2.32. The Balaban J connectivity index is 1.86. The van der Waals surface area contributed by atoms with Crippen molar-refractivity contribution >= 4 is 0 Å². The lowest BCUT2D eigenvalue weighted by atomic mass is 9.88. The Morgan fingerprint density at radius 1 is 0.929 bits per heavy atom. The van der Waals surface area contributed by atoms with Crippen LogP contribution in [0.3, 0.4) is 0 Å². The standard InChI is InChI=1S/C22H29NO5/c1-23-9-8-15-12-19(25-2)18(24)13-16(15)17(23)7-6-14-10-20(26-3)22(28-5)21(11-14)27-4/h10-13,17,24H,6-9H2,1-5H3/t17-/m0/s1. The quantitative estimate of drug-likeness (QED) is 0.784. The minimum atomic E-state index is 0.189. The highest BCUT2D eigenvalue weighted by molar-refractivity contribution is 5.54. The fourth-order valence-corrected chi connectivity index (χ4v) is 3.97. The van der Waals surface area contributed by atoms with Gasteiger partial charge in [0.1, 0.15) is 0 Å². The first-order valence-corrected chi connectivity index (χ1v) is 9.41. The van der Waals surface area contributed by atoms with E-state index < -0.39 is 0 Å². The van der Waals surface area contributed by atoms with Crippen LogP contribution in [0.4, 0.5) is 0 Å². The highest BCUT2D eigenvalue weighted by Gasteiger charge is 2.26. The van der Waals surface area contributed by atoms with Crippen LogP contribution in [0.25, 0.3) is 0 Å². The van der Waals surface area contributed by atoms with Crippen molar-refractivity contribution in [2.24, 2.45) is 0 Å². The minimum absolute atomic E-state index is 0.189. The molecule has 0 spiro atoms. The van der Waals surface area contributed by atoms with Gasteiger partial charge < -0.3 is 24.1 Å². The van der Waals surface area contributed by atoms with Gasteiger partial charge >= 0.3 is 0 Å². The van der Waals surface area contributed by atoms with Crippen LogP contribution in [0.1, 0.15) is 29.2 Å². The molecule has 6 nitrogen and oxygen atoms in total. The monoisotopic (exact) mass is 387 g/mol. The topological polar surface area (TPSA) is 60.4 Å². The molecule has 1 aliphatic rings. The zero-order chi connectivity index (χ0) is 20.3. The summed E-state index contributed by atoms with van der Waals surface area (Å²) in [4.78, 5) is 2.34.